The number of ether oxygens (including phenoxy) is 1. The van der Waals surface area contributed by atoms with Gasteiger partial charge in [0.2, 0.25) is 5.91 Å². The summed E-state index contributed by atoms with van der Waals surface area (Å²) in [5, 5.41) is 21.8. The highest BCUT2D eigenvalue weighted by molar-refractivity contribution is 5.75. The fourth-order valence-corrected chi connectivity index (χ4v) is 3.96. The number of aliphatic carboxylic acids is 1. The SMILES string of the molecule is C=CCCCCCCCCC(=O)NCCC[N+](C)(C)CCOCCO.C=CCCCCCCCCC(=O)[O-]. The number of carboxylic acids is 1. The van der Waals surface area contributed by atoms with Gasteiger partial charge in [-0.25, -0.2) is 0 Å². The molecule has 0 spiro atoms. The predicted molar refractivity (Wildman–Crippen MR) is 157 cm³/mol. The molecule has 0 bridgehead atoms. The summed E-state index contributed by atoms with van der Waals surface area (Å²) >= 11 is 0. The second-order valence-corrected chi connectivity index (χ2v) is 10.7. The highest BCUT2D eigenvalue weighted by Crippen LogP contribution is 2.09. The number of hydrogen-bond acceptors (Lipinski definition) is 5. The number of nitrogens with one attached hydrogen (secondary N) is 1. The molecule has 7 nitrogen and oxygen atoms in total. The summed E-state index contributed by atoms with van der Waals surface area (Å²) in [5.74, 6) is -0.741. The predicted octanol–water partition coefficient (Wildman–Crippen LogP) is 4.93. The minimum atomic E-state index is -0.924. The Kier molecular flexibility index (Phi) is 30.2. The van der Waals surface area contributed by atoms with E-state index in [1.54, 1.807) is 0 Å². The van der Waals surface area contributed by atoms with E-state index in [9.17, 15) is 14.7 Å². The van der Waals surface area contributed by atoms with Crippen LogP contribution < -0.4 is 10.4 Å². The van der Waals surface area contributed by atoms with Gasteiger partial charge in [0.05, 0.1) is 40.5 Å². The molecule has 38 heavy (non-hydrogen) atoms. The van der Waals surface area contributed by atoms with E-state index in [1.807, 2.05) is 12.2 Å². The van der Waals surface area contributed by atoms with Gasteiger partial charge in [-0.15, -0.1) is 13.2 Å². The molecule has 0 aliphatic rings. The number of aliphatic hydroxyl groups is 1. The maximum absolute atomic E-state index is 11.8. The molecule has 0 aliphatic heterocycles. The summed E-state index contributed by atoms with van der Waals surface area (Å²) in [6.45, 7) is 11.2. The summed E-state index contributed by atoms with van der Waals surface area (Å²) in [6, 6.07) is 0. The minimum Gasteiger partial charge on any atom is -0.550 e. The highest BCUT2D eigenvalue weighted by atomic mass is 16.5. The molecule has 0 saturated carbocycles. The second kappa shape index (κ2) is 29.9. The topological polar surface area (TPSA) is 98.7 Å². The first kappa shape index (κ1) is 38.4. The van der Waals surface area contributed by atoms with E-state index in [1.165, 1.54) is 44.9 Å². The molecule has 0 atom stereocenters. The molecule has 0 aromatic rings. The zero-order chi connectivity index (χ0) is 28.7. The number of amides is 1. The molecule has 0 unspecified atom stereocenters. The van der Waals surface area contributed by atoms with Gasteiger partial charge in [-0.1, -0.05) is 63.5 Å². The summed E-state index contributed by atoms with van der Waals surface area (Å²) in [5.41, 5.74) is 0. The van der Waals surface area contributed by atoms with Crippen molar-refractivity contribution >= 4 is 11.9 Å². The molecule has 7 heteroatoms. The van der Waals surface area contributed by atoms with Gasteiger partial charge in [-0.2, -0.15) is 0 Å². The Hall–Kier alpha value is -1.70. The van der Waals surface area contributed by atoms with E-state index in [4.69, 9.17) is 9.84 Å². The number of hydrogen-bond donors (Lipinski definition) is 2. The third kappa shape index (κ3) is 34.3. The Morgan fingerprint density at radius 1 is 0.763 bits per heavy atom. The Labute approximate surface area is 234 Å². The molecule has 0 fully saturated rings. The molecule has 0 aromatic carbocycles. The van der Waals surface area contributed by atoms with Gasteiger partial charge in [-0.3, -0.25) is 4.79 Å². The van der Waals surface area contributed by atoms with Crippen LogP contribution in [0.3, 0.4) is 0 Å². The van der Waals surface area contributed by atoms with Gasteiger partial charge in [0.15, 0.2) is 0 Å². The summed E-state index contributed by atoms with van der Waals surface area (Å²) < 4.78 is 6.18. The van der Waals surface area contributed by atoms with E-state index < -0.39 is 5.97 Å². The molecule has 0 aliphatic carbocycles. The van der Waals surface area contributed by atoms with Crippen LogP contribution in [0.2, 0.25) is 0 Å². The Morgan fingerprint density at radius 3 is 1.76 bits per heavy atom. The van der Waals surface area contributed by atoms with Crippen LogP contribution in [0.5, 0.6) is 0 Å². The molecule has 0 heterocycles. The molecular formula is C31H60N2O5. The molecule has 0 saturated heterocycles. The molecule has 0 radical (unpaired) electrons. The minimum absolute atomic E-state index is 0.0781. The number of quaternary nitrogens is 1. The van der Waals surface area contributed by atoms with Gasteiger partial charge in [-0.05, 0) is 44.9 Å². The van der Waals surface area contributed by atoms with Gasteiger partial charge >= 0.3 is 0 Å². The van der Waals surface area contributed by atoms with Crippen LogP contribution in [0.1, 0.15) is 109 Å². The average molecular weight is 541 g/mol. The van der Waals surface area contributed by atoms with Crippen LogP contribution in [0.25, 0.3) is 0 Å². The maximum Gasteiger partial charge on any atom is 0.219 e. The summed E-state index contributed by atoms with van der Waals surface area (Å²) in [4.78, 5) is 21.9. The van der Waals surface area contributed by atoms with Crippen molar-refractivity contribution in [3.8, 4) is 0 Å². The Balaban J connectivity index is 0. The monoisotopic (exact) mass is 540 g/mol. The van der Waals surface area contributed by atoms with E-state index in [0.29, 0.717) is 19.6 Å². The lowest BCUT2D eigenvalue weighted by Gasteiger charge is -2.29. The van der Waals surface area contributed by atoms with Gasteiger partial charge < -0.3 is 29.5 Å². The molecule has 0 rings (SSSR count). The van der Waals surface area contributed by atoms with E-state index in [0.717, 1.165) is 75.5 Å². The lowest BCUT2D eigenvalue weighted by molar-refractivity contribution is -0.890. The molecule has 2 N–H and O–H groups in total. The zero-order valence-electron chi connectivity index (χ0n) is 24.9. The number of carboxylic acid groups (broad SMARTS) is 1. The fraction of sp³-hybridized carbons (Fsp3) is 0.806. The van der Waals surface area contributed by atoms with E-state index >= 15 is 0 Å². The smallest absolute Gasteiger partial charge is 0.219 e. The third-order valence-corrected chi connectivity index (χ3v) is 6.44. The number of likely N-dealkylation sites (N-methyl/N-ethyl adjacent to an activating group) is 1. The average Bonchev–Trinajstić information content (AvgIpc) is 2.88. The summed E-state index contributed by atoms with van der Waals surface area (Å²) in [6.07, 6.45) is 21.7. The maximum atomic E-state index is 11.8. The third-order valence-electron chi connectivity index (χ3n) is 6.44. The van der Waals surface area contributed by atoms with Crippen molar-refractivity contribution in [1.82, 2.24) is 5.32 Å². The first-order valence-corrected chi connectivity index (χ1v) is 15.0. The number of allylic oxidation sites excluding steroid dienone is 2. The van der Waals surface area contributed by atoms with Crippen LogP contribution in [0.4, 0.5) is 0 Å². The molecular weight excluding hydrogens is 480 g/mol. The van der Waals surface area contributed by atoms with Crippen molar-refractivity contribution in [2.75, 3.05) is 53.6 Å². The van der Waals surface area contributed by atoms with Crippen molar-refractivity contribution in [3.05, 3.63) is 25.3 Å². The molecule has 1 amide bonds. The van der Waals surface area contributed by atoms with Gasteiger partial charge in [0.25, 0.3) is 0 Å². The number of nitrogens with zero attached hydrogens (tertiary/aromatic N) is 1. The fourth-order valence-electron chi connectivity index (χ4n) is 3.96. The number of aliphatic hydroxyl groups excluding tert-OH is 1. The van der Waals surface area contributed by atoms with Gasteiger partial charge in [0, 0.05) is 25.4 Å². The first-order chi connectivity index (χ1) is 18.3. The van der Waals surface area contributed by atoms with Crippen molar-refractivity contribution in [3.63, 3.8) is 0 Å². The largest absolute Gasteiger partial charge is 0.550 e. The van der Waals surface area contributed by atoms with E-state index in [2.05, 4.69) is 32.6 Å². The number of rotatable bonds is 27. The molecule has 0 aromatic heterocycles. The van der Waals surface area contributed by atoms with Crippen molar-refractivity contribution in [2.24, 2.45) is 0 Å². The van der Waals surface area contributed by atoms with Crippen LogP contribution in [0, 0.1) is 0 Å². The normalized spacial score (nSPS) is 10.9. The van der Waals surface area contributed by atoms with Gasteiger partial charge in [0.1, 0.15) is 6.54 Å². The van der Waals surface area contributed by atoms with Crippen LogP contribution >= 0.6 is 0 Å². The number of unbranched alkanes of at least 4 members (excludes halogenated alkanes) is 12. The second-order valence-electron chi connectivity index (χ2n) is 10.7. The van der Waals surface area contributed by atoms with Crippen LogP contribution in [0.15, 0.2) is 25.3 Å². The number of carbonyl (C=O) groups excluding carboxylic acids is 2. The quantitative estimate of drug-likeness (QED) is 0.0875. The lowest BCUT2D eigenvalue weighted by Crippen LogP contribution is -2.44. The van der Waals surface area contributed by atoms with Crippen LogP contribution in [-0.4, -0.2) is 75.0 Å². The Morgan fingerprint density at radius 2 is 1.26 bits per heavy atom. The number of carbonyl (C=O) groups is 2. The van der Waals surface area contributed by atoms with E-state index in [-0.39, 0.29) is 18.9 Å². The zero-order valence-corrected chi connectivity index (χ0v) is 24.9. The highest BCUT2D eigenvalue weighted by Gasteiger charge is 2.14. The van der Waals surface area contributed by atoms with Crippen molar-refractivity contribution in [1.29, 1.82) is 0 Å². The van der Waals surface area contributed by atoms with Crippen molar-refractivity contribution in [2.45, 2.75) is 109 Å². The molecule has 224 valence electrons. The van der Waals surface area contributed by atoms with Crippen molar-refractivity contribution < 1.29 is 29.0 Å². The summed E-state index contributed by atoms with van der Waals surface area (Å²) in [7, 11) is 4.33. The van der Waals surface area contributed by atoms with Crippen LogP contribution in [-0.2, 0) is 14.3 Å². The standard InChI is InChI=1S/C20H40N2O3.C11H20O2/c1-4-5-6-7-8-9-10-11-13-20(24)21-14-12-15-22(2,3)16-18-25-19-17-23;1-2-3-4-5-6-7-8-9-10-11(12)13/h4,23H,1,5-19H2,2-3H3;2H,1,3-10H2,(H,12,13). The Bertz CT molecular complexity index is 566. The first-order valence-electron chi connectivity index (χ1n) is 15.0. The lowest BCUT2D eigenvalue weighted by atomic mass is 10.1.